The van der Waals surface area contributed by atoms with E-state index in [0.717, 1.165) is 48.1 Å². The van der Waals surface area contributed by atoms with Crippen LogP contribution in [0.3, 0.4) is 0 Å². The first-order valence-corrected chi connectivity index (χ1v) is 17.2. The highest BCUT2D eigenvalue weighted by Crippen LogP contribution is 2.29. The lowest BCUT2D eigenvalue weighted by atomic mass is 9.94. The van der Waals surface area contributed by atoms with Crippen LogP contribution in [-0.4, -0.2) is 47.7 Å². The number of amides is 2. The Balaban J connectivity index is 1.29. The number of hydrogen-bond donors (Lipinski definition) is 3. The standard InChI is InChI=1S/C40H48N2O6/c43-29-40(22-10-11-23-40)42-37(44)26-33-16-8-3-9-17-34(24-30-12-4-1-5-13-30)39(46)48-28-35(41-38(33)45)25-31-18-20-36(21-19-31)47-27-32-14-6-2-7-15-32/h1-8,12-15,18-21,33-35,43H,9-11,16-17,22-29H2,(H,41,45)(H,42,44)/t33-,34-,35+/m1/s1. The molecule has 1 saturated carbocycles. The van der Waals surface area contributed by atoms with Gasteiger partial charge in [0.25, 0.3) is 0 Å². The van der Waals surface area contributed by atoms with Gasteiger partial charge >= 0.3 is 5.97 Å². The second-order valence-electron chi connectivity index (χ2n) is 13.2. The Kier molecular flexibility index (Phi) is 12.8. The Morgan fingerprint density at radius 1 is 0.854 bits per heavy atom. The molecule has 0 bridgehead atoms. The third-order valence-electron chi connectivity index (χ3n) is 9.42. The summed E-state index contributed by atoms with van der Waals surface area (Å²) in [5.74, 6) is -0.970. The minimum atomic E-state index is -0.605. The number of ether oxygens (including phenoxy) is 2. The fourth-order valence-electron chi connectivity index (χ4n) is 6.62. The fourth-order valence-corrected chi connectivity index (χ4v) is 6.62. The molecule has 3 atom stereocenters. The van der Waals surface area contributed by atoms with Gasteiger partial charge in [0.1, 0.15) is 19.0 Å². The first-order valence-electron chi connectivity index (χ1n) is 17.2. The van der Waals surface area contributed by atoms with E-state index in [1.54, 1.807) is 0 Å². The Morgan fingerprint density at radius 3 is 2.21 bits per heavy atom. The van der Waals surface area contributed by atoms with Crippen molar-refractivity contribution in [2.24, 2.45) is 11.8 Å². The maximum absolute atomic E-state index is 13.8. The molecule has 0 unspecified atom stereocenters. The lowest BCUT2D eigenvalue weighted by molar-refractivity contribution is -0.150. The summed E-state index contributed by atoms with van der Waals surface area (Å²) >= 11 is 0. The predicted octanol–water partition coefficient (Wildman–Crippen LogP) is 5.86. The zero-order chi connectivity index (χ0) is 33.6. The lowest BCUT2D eigenvalue weighted by Crippen LogP contribution is -2.50. The Morgan fingerprint density at radius 2 is 1.52 bits per heavy atom. The SMILES string of the molecule is O=C(C[C@H]1CC=CCC[C@H](Cc2ccccc2)C(=O)OC[C@H](Cc2ccc(OCc3ccccc3)cc2)NC1=O)NC1(CO)CCCC1. The van der Waals surface area contributed by atoms with E-state index in [4.69, 9.17) is 9.47 Å². The molecule has 1 fully saturated rings. The van der Waals surface area contributed by atoms with Gasteiger partial charge < -0.3 is 25.2 Å². The van der Waals surface area contributed by atoms with Gasteiger partial charge in [0.15, 0.2) is 0 Å². The molecule has 3 N–H and O–H groups in total. The van der Waals surface area contributed by atoms with Crippen LogP contribution in [0.4, 0.5) is 0 Å². The zero-order valence-electron chi connectivity index (χ0n) is 27.7. The summed E-state index contributed by atoms with van der Waals surface area (Å²) in [6, 6.07) is 27.1. The Hall–Kier alpha value is -4.43. The molecule has 3 aromatic carbocycles. The summed E-state index contributed by atoms with van der Waals surface area (Å²) in [7, 11) is 0. The van der Waals surface area contributed by atoms with Gasteiger partial charge in [-0.15, -0.1) is 0 Å². The number of rotatable bonds is 11. The van der Waals surface area contributed by atoms with E-state index in [0.29, 0.717) is 38.7 Å². The molecule has 0 spiro atoms. The van der Waals surface area contributed by atoms with Crippen molar-refractivity contribution in [2.75, 3.05) is 13.2 Å². The second kappa shape index (κ2) is 17.6. The van der Waals surface area contributed by atoms with Gasteiger partial charge in [-0.25, -0.2) is 0 Å². The van der Waals surface area contributed by atoms with Crippen LogP contribution < -0.4 is 15.4 Å². The molecule has 5 rings (SSSR count). The molecule has 1 heterocycles. The van der Waals surface area contributed by atoms with Gasteiger partial charge in [-0.2, -0.15) is 0 Å². The summed E-state index contributed by atoms with van der Waals surface area (Å²) in [5, 5.41) is 16.2. The number of allylic oxidation sites excluding steroid dienone is 2. The molecule has 8 nitrogen and oxygen atoms in total. The Bertz CT molecular complexity index is 1490. The molecule has 0 radical (unpaired) electrons. The predicted molar refractivity (Wildman–Crippen MR) is 185 cm³/mol. The van der Waals surface area contributed by atoms with E-state index in [9.17, 15) is 19.5 Å². The Labute approximate surface area is 283 Å². The van der Waals surface area contributed by atoms with E-state index >= 15 is 0 Å². The highest BCUT2D eigenvalue weighted by Gasteiger charge is 2.36. The largest absolute Gasteiger partial charge is 0.489 e. The summed E-state index contributed by atoms with van der Waals surface area (Å²) in [6.45, 7) is 0.368. The third-order valence-corrected chi connectivity index (χ3v) is 9.42. The van der Waals surface area contributed by atoms with Gasteiger partial charge in [-0.05, 0) is 73.8 Å². The van der Waals surface area contributed by atoms with Gasteiger partial charge in [0.2, 0.25) is 11.8 Å². The van der Waals surface area contributed by atoms with Crippen molar-refractivity contribution in [1.29, 1.82) is 0 Å². The van der Waals surface area contributed by atoms with E-state index in [1.165, 1.54) is 0 Å². The van der Waals surface area contributed by atoms with Crippen molar-refractivity contribution in [2.45, 2.75) is 82.4 Å². The summed E-state index contributed by atoms with van der Waals surface area (Å²) in [4.78, 5) is 40.4. The van der Waals surface area contributed by atoms with Gasteiger partial charge in [0.05, 0.1) is 30.0 Å². The van der Waals surface area contributed by atoms with Crippen LogP contribution in [0, 0.1) is 11.8 Å². The van der Waals surface area contributed by atoms with Crippen LogP contribution in [0.2, 0.25) is 0 Å². The van der Waals surface area contributed by atoms with Crippen LogP contribution in [0.15, 0.2) is 97.1 Å². The molecule has 8 heteroatoms. The number of esters is 1. The summed E-state index contributed by atoms with van der Waals surface area (Å²) < 4.78 is 11.9. The number of nitrogens with one attached hydrogen (secondary N) is 2. The van der Waals surface area contributed by atoms with Crippen molar-refractivity contribution in [3.8, 4) is 5.75 Å². The van der Waals surface area contributed by atoms with Crippen molar-refractivity contribution < 1.29 is 29.0 Å². The maximum Gasteiger partial charge on any atom is 0.309 e. The van der Waals surface area contributed by atoms with Crippen molar-refractivity contribution in [3.63, 3.8) is 0 Å². The summed E-state index contributed by atoms with van der Waals surface area (Å²) in [5.41, 5.74) is 2.50. The van der Waals surface area contributed by atoms with Crippen molar-refractivity contribution >= 4 is 17.8 Å². The molecule has 254 valence electrons. The van der Waals surface area contributed by atoms with Crippen LogP contribution in [0.1, 0.15) is 68.1 Å². The van der Waals surface area contributed by atoms with E-state index < -0.39 is 17.5 Å². The number of benzene rings is 3. The van der Waals surface area contributed by atoms with Gasteiger partial charge in [-0.1, -0.05) is 97.8 Å². The third kappa shape index (κ3) is 10.5. The van der Waals surface area contributed by atoms with Crippen LogP contribution in [0.5, 0.6) is 5.75 Å². The molecular weight excluding hydrogens is 604 g/mol. The molecule has 1 aliphatic heterocycles. The number of carbonyl (C=O) groups excluding carboxylic acids is 3. The van der Waals surface area contributed by atoms with Crippen molar-refractivity contribution in [3.05, 3.63) is 114 Å². The minimum absolute atomic E-state index is 0.00845. The molecule has 1 aliphatic carbocycles. The highest BCUT2D eigenvalue weighted by atomic mass is 16.5. The lowest BCUT2D eigenvalue weighted by Gasteiger charge is -2.29. The van der Waals surface area contributed by atoms with Crippen LogP contribution >= 0.6 is 0 Å². The monoisotopic (exact) mass is 652 g/mol. The highest BCUT2D eigenvalue weighted by molar-refractivity contribution is 5.86. The summed E-state index contributed by atoms with van der Waals surface area (Å²) in [6.07, 6.45) is 10.0. The number of aliphatic hydroxyl groups is 1. The molecule has 2 aliphatic rings. The molecule has 3 aromatic rings. The number of carbonyl (C=O) groups is 3. The maximum atomic E-state index is 13.8. The number of aliphatic hydroxyl groups excluding tert-OH is 1. The average Bonchev–Trinajstić information content (AvgIpc) is 3.58. The first kappa shape index (κ1) is 34.9. The fraction of sp³-hybridized carbons (Fsp3) is 0.425. The van der Waals surface area contributed by atoms with E-state index in [1.807, 2.05) is 97.1 Å². The van der Waals surface area contributed by atoms with Gasteiger partial charge in [-0.3, -0.25) is 14.4 Å². The number of hydrogen-bond acceptors (Lipinski definition) is 6. The zero-order valence-corrected chi connectivity index (χ0v) is 27.7. The van der Waals surface area contributed by atoms with Gasteiger partial charge in [0, 0.05) is 6.42 Å². The van der Waals surface area contributed by atoms with E-state index in [2.05, 4.69) is 10.6 Å². The molecule has 48 heavy (non-hydrogen) atoms. The molecular formula is C40H48N2O6. The first-order chi connectivity index (χ1) is 23.4. The van der Waals surface area contributed by atoms with Crippen LogP contribution in [0.25, 0.3) is 0 Å². The van der Waals surface area contributed by atoms with E-state index in [-0.39, 0.29) is 43.3 Å². The quantitative estimate of drug-likeness (QED) is 0.177. The second-order valence-corrected chi connectivity index (χ2v) is 13.2. The smallest absolute Gasteiger partial charge is 0.309 e. The van der Waals surface area contributed by atoms with Crippen LogP contribution in [-0.2, 0) is 38.6 Å². The molecule has 2 amide bonds. The molecule has 0 aromatic heterocycles. The normalized spacial score (nSPS) is 21.6. The number of cyclic esters (lactones) is 1. The topological polar surface area (TPSA) is 114 Å². The van der Waals surface area contributed by atoms with Crippen molar-refractivity contribution in [1.82, 2.24) is 10.6 Å². The average molecular weight is 653 g/mol. The minimum Gasteiger partial charge on any atom is -0.489 e. The molecule has 0 saturated heterocycles.